The molecule has 0 fully saturated rings. The molecular weight excluding hydrogens is 759 g/mol. The van der Waals surface area contributed by atoms with E-state index in [0.29, 0.717) is 0 Å². The number of fused-ring (bicyclic) bond motifs is 6. The summed E-state index contributed by atoms with van der Waals surface area (Å²) in [6.45, 7) is 0. The lowest BCUT2D eigenvalue weighted by Gasteiger charge is -2.34. The first kappa shape index (κ1) is 36.4. The summed E-state index contributed by atoms with van der Waals surface area (Å²) in [5, 5.41) is 9.86. The molecule has 2 heterocycles. The monoisotopic (exact) mass is 799 g/mol. The molecule has 2 aromatic heterocycles. The maximum atomic E-state index is 6.56. The number of aliphatic imine (C=N–C) groups is 1. The highest BCUT2D eigenvalue weighted by molar-refractivity contribution is 7.20. The minimum absolute atomic E-state index is 0.247. The van der Waals surface area contributed by atoms with Crippen molar-refractivity contribution in [2.24, 2.45) is 4.99 Å². The average Bonchev–Trinajstić information content (AvgIpc) is 3.85. The van der Waals surface area contributed by atoms with Crippen LogP contribution in [0.4, 0.5) is 5.69 Å². The maximum absolute atomic E-state index is 6.56. The minimum atomic E-state index is -2.80. The molecule has 11 rings (SSSR count). The van der Waals surface area contributed by atoms with Crippen LogP contribution in [0, 0.1) is 0 Å². The fourth-order valence-electron chi connectivity index (χ4n) is 9.46. The van der Waals surface area contributed by atoms with E-state index in [4.69, 9.17) is 15.1 Å². The molecule has 61 heavy (non-hydrogen) atoms. The molecule has 1 atom stereocenters. The van der Waals surface area contributed by atoms with Gasteiger partial charge in [0.1, 0.15) is 17.2 Å². The van der Waals surface area contributed by atoms with Crippen molar-refractivity contribution in [1.29, 1.82) is 0 Å². The third-order valence-corrected chi connectivity index (χ3v) is 17.0. The summed E-state index contributed by atoms with van der Waals surface area (Å²) in [5.41, 5.74) is 15.4. The van der Waals surface area contributed by atoms with Gasteiger partial charge in [0.25, 0.3) is 0 Å². The van der Waals surface area contributed by atoms with Gasteiger partial charge in [-0.2, -0.15) is 0 Å². The Balaban J connectivity index is 1.15. The lowest BCUT2D eigenvalue weighted by atomic mass is 9.98. The van der Waals surface area contributed by atoms with Crippen LogP contribution in [0.2, 0.25) is 0 Å². The fourth-order valence-corrected chi connectivity index (χ4v) is 14.2. The molecule has 0 amide bonds. The van der Waals surface area contributed by atoms with Gasteiger partial charge >= 0.3 is 0 Å². The van der Waals surface area contributed by atoms with Gasteiger partial charge in [-0.1, -0.05) is 182 Å². The molecule has 0 aliphatic rings. The summed E-state index contributed by atoms with van der Waals surface area (Å²) in [4.78, 5) is 5.21. The molecule has 290 valence electrons. The van der Waals surface area contributed by atoms with E-state index < -0.39 is 8.07 Å². The highest BCUT2D eigenvalue weighted by Gasteiger charge is 2.41. The number of aromatic nitrogens is 1. The number of para-hydroxylation sites is 2. The second-order valence-electron chi connectivity index (χ2n) is 15.7. The normalized spacial score (nSPS) is 12.5. The standard InChI is InChI=1S/C56H41N3OSi/c57-51-30-15-13-29-47(51)56(40-19-5-1-6-20-40)58-38-39-18-17-21-41(34-39)59-52-33-32-45(35-48(52)49-37-55-50(36-53(49)59)46-28-14-16-31-54(46)60-55)61(42-22-7-2-8-23-42,43-24-9-3-10-25-43)44-26-11-4-12-27-44/h1-38,56H,57H2/b58-38+. The van der Waals surface area contributed by atoms with Crippen LogP contribution >= 0.6 is 0 Å². The van der Waals surface area contributed by atoms with Crippen molar-refractivity contribution >= 4 is 84.5 Å². The highest BCUT2D eigenvalue weighted by Crippen LogP contribution is 2.38. The molecule has 5 heteroatoms. The number of nitrogens with two attached hydrogens (primary N) is 1. The predicted octanol–water partition coefficient (Wildman–Crippen LogP) is 10.9. The van der Waals surface area contributed by atoms with E-state index in [1.165, 1.54) is 26.1 Å². The first-order valence-corrected chi connectivity index (χ1v) is 22.8. The Morgan fingerprint density at radius 1 is 0.459 bits per heavy atom. The smallest absolute Gasteiger partial charge is 0.179 e. The van der Waals surface area contributed by atoms with Gasteiger partial charge in [-0.25, -0.2) is 0 Å². The topological polar surface area (TPSA) is 56.4 Å². The van der Waals surface area contributed by atoms with Gasteiger partial charge in [0.15, 0.2) is 8.07 Å². The SMILES string of the molecule is Nc1ccccc1C(/N=C/c1cccc(-n2c3ccc([Si](c4ccccc4)(c4ccccc4)c4ccccc4)cc3c3cc4oc5ccccc5c4cc32)c1)c1ccccc1. The zero-order chi connectivity index (χ0) is 40.8. The van der Waals surface area contributed by atoms with Gasteiger partial charge in [-0.3, -0.25) is 4.99 Å². The second-order valence-corrected chi connectivity index (χ2v) is 19.5. The van der Waals surface area contributed by atoms with Gasteiger partial charge in [0, 0.05) is 44.7 Å². The van der Waals surface area contributed by atoms with Crippen molar-refractivity contribution < 1.29 is 4.42 Å². The molecule has 0 saturated heterocycles. The van der Waals surface area contributed by atoms with Gasteiger partial charge in [0.05, 0.1) is 11.0 Å². The molecule has 2 N–H and O–H groups in total. The van der Waals surface area contributed by atoms with Crippen molar-refractivity contribution in [3.8, 4) is 5.69 Å². The van der Waals surface area contributed by atoms with E-state index in [9.17, 15) is 0 Å². The van der Waals surface area contributed by atoms with Gasteiger partial charge in [0.2, 0.25) is 0 Å². The number of rotatable bonds is 9. The molecule has 0 aliphatic heterocycles. The Labute approximate surface area is 355 Å². The van der Waals surface area contributed by atoms with Crippen molar-refractivity contribution in [1.82, 2.24) is 4.57 Å². The van der Waals surface area contributed by atoms with Gasteiger partial charge in [-0.15, -0.1) is 0 Å². The third kappa shape index (κ3) is 6.17. The zero-order valence-corrected chi connectivity index (χ0v) is 34.4. The quantitative estimate of drug-likeness (QED) is 0.0684. The summed E-state index contributed by atoms with van der Waals surface area (Å²) in [5.74, 6) is 0. The van der Waals surface area contributed by atoms with Crippen molar-refractivity contribution in [2.75, 3.05) is 5.73 Å². The van der Waals surface area contributed by atoms with Gasteiger partial charge < -0.3 is 14.7 Å². The molecule has 11 aromatic rings. The Hall–Kier alpha value is -7.73. The van der Waals surface area contributed by atoms with Crippen LogP contribution in [0.3, 0.4) is 0 Å². The van der Waals surface area contributed by atoms with Crippen LogP contribution in [0.1, 0.15) is 22.7 Å². The summed E-state index contributed by atoms with van der Waals surface area (Å²) >= 11 is 0. The molecule has 0 spiro atoms. The van der Waals surface area contributed by atoms with E-state index in [0.717, 1.165) is 66.4 Å². The van der Waals surface area contributed by atoms with E-state index in [-0.39, 0.29) is 6.04 Å². The molecule has 4 nitrogen and oxygen atoms in total. The summed E-state index contributed by atoms with van der Waals surface area (Å²) in [7, 11) is -2.80. The predicted molar refractivity (Wildman–Crippen MR) is 258 cm³/mol. The highest BCUT2D eigenvalue weighted by atomic mass is 28.3. The number of hydrogen-bond acceptors (Lipinski definition) is 3. The van der Waals surface area contributed by atoms with E-state index in [1.54, 1.807) is 0 Å². The van der Waals surface area contributed by atoms with E-state index in [1.807, 2.05) is 36.5 Å². The number of furan rings is 1. The summed E-state index contributed by atoms with van der Waals surface area (Å²) < 4.78 is 8.97. The number of benzene rings is 9. The average molecular weight is 800 g/mol. The molecule has 9 aromatic carbocycles. The van der Waals surface area contributed by atoms with Crippen LogP contribution in [0.25, 0.3) is 49.4 Å². The number of nitrogens with zero attached hydrogens (tertiary/aromatic N) is 2. The first-order valence-electron chi connectivity index (χ1n) is 20.8. The Morgan fingerprint density at radius 2 is 1.07 bits per heavy atom. The number of hydrogen-bond donors (Lipinski definition) is 1. The van der Waals surface area contributed by atoms with E-state index >= 15 is 0 Å². The Bertz CT molecular complexity index is 3280. The zero-order valence-electron chi connectivity index (χ0n) is 33.4. The number of anilines is 1. The van der Waals surface area contributed by atoms with Crippen LogP contribution < -0.4 is 26.5 Å². The number of nitrogen functional groups attached to an aromatic ring is 1. The Kier molecular flexibility index (Phi) is 9.02. The molecule has 0 saturated carbocycles. The molecular formula is C56H41N3OSi. The maximum Gasteiger partial charge on any atom is 0.179 e. The van der Waals surface area contributed by atoms with Crippen molar-refractivity contribution in [3.63, 3.8) is 0 Å². The fraction of sp³-hybridized carbons (Fsp3) is 0.0179. The lowest BCUT2D eigenvalue weighted by molar-refractivity contribution is 0.669. The third-order valence-electron chi connectivity index (χ3n) is 12.2. The molecule has 0 radical (unpaired) electrons. The first-order chi connectivity index (χ1) is 30.2. The summed E-state index contributed by atoms with van der Waals surface area (Å²) in [6.07, 6.45) is 1.99. The lowest BCUT2D eigenvalue weighted by Crippen LogP contribution is -2.74. The summed E-state index contributed by atoms with van der Waals surface area (Å²) in [6, 6.07) is 80.2. The second kappa shape index (κ2) is 15.1. The van der Waals surface area contributed by atoms with E-state index in [2.05, 4.69) is 199 Å². The van der Waals surface area contributed by atoms with Crippen molar-refractivity contribution in [3.05, 3.63) is 241 Å². The largest absolute Gasteiger partial charge is 0.456 e. The molecule has 1 unspecified atom stereocenters. The Morgan fingerprint density at radius 3 is 1.75 bits per heavy atom. The minimum Gasteiger partial charge on any atom is -0.456 e. The van der Waals surface area contributed by atoms with Crippen LogP contribution in [0.15, 0.2) is 234 Å². The van der Waals surface area contributed by atoms with Crippen LogP contribution in [0.5, 0.6) is 0 Å². The van der Waals surface area contributed by atoms with Crippen LogP contribution in [-0.4, -0.2) is 18.9 Å². The van der Waals surface area contributed by atoms with Crippen molar-refractivity contribution in [2.45, 2.75) is 6.04 Å². The van der Waals surface area contributed by atoms with Crippen LogP contribution in [-0.2, 0) is 0 Å². The molecule has 0 bridgehead atoms. The molecule has 0 aliphatic carbocycles. The van der Waals surface area contributed by atoms with Gasteiger partial charge in [-0.05, 0) is 74.3 Å².